The highest BCUT2D eigenvalue weighted by Crippen LogP contribution is 2.31. The molecule has 3 N–H and O–H groups in total. The Hall–Kier alpha value is -1.15. The first-order valence-electron chi connectivity index (χ1n) is 6.41. The topological polar surface area (TPSA) is 91.3 Å². The van der Waals surface area contributed by atoms with Crippen molar-refractivity contribution in [2.75, 3.05) is 5.32 Å². The molecule has 0 radical (unpaired) electrons. The zero-order valence-electron chi connectivity index (χ0n) is 10.8. The fraction of sp³-hybridized carbons (Fsp3) is 0.583. The molecule has 1 aliphatic carbocycles. The fourth-order valence-electron chi connectivity index (χ4n) is 2.55. The highest BCUT2D eigenvalue weighted by Gasteiger charge is 2.35. The molecule has 0 saturated heterocycles. The van der Waals surface area contributed by atoms with E-state index in [0.717, 1.165) is 23.0 Å². The predicted octanol–water partition coefficient (Wildman–Crippen LogP) is 3.20. The molecule has 1 saturated carbocycles. The molecular formula is C12H16BrN3O3S. The summed E-state index contributed by atoms with van der Waals surface area (Å²) >= 11 is 4.58. The lowest BCUT2D eigenvalue weighted by Gasteiger charge is -2.36. The maximum atomic E-state index is 12.0. The molecule has 0 bridgehead atoms. The second-order valence-electron chi connectivity index (χ2n) is 4.96. The molecule has 6 nitrogen and oxygen atoms in total. The minimum Gasteiger partial charge on any atom is -0.481 e. The molecule has 1 aliphatic rings. The number of hydrogen-bond acceptors (Lipinski definition) is 4. The molecule has 0 atom stereocenters. The first kappa shape index (κ1) is 15.2. The smallest absolute Gasteiger partial charge is 0.321 e. The van der Waals surface area contributed by atoms with E-state index in [4.69, 9.17) is 5.11 Å². The number of hydrogen-bond donors (Lipinski definition) is 3. The normalized spacial score (nSPS) is 17.4. The van der Waals surface area contributed by atoms with Crippen LogP contribution in [0.1, 0.15) is 38.5 Å². The molecule has 20 heavy (non-hydrogen) atoms. The Morgan fingerprint density at radius 2 is 2.10 bits per heavy atom. The van der Waals surface area contributed by atoms with Gasteiger partial charge in [-0.15, -0.1) is 0 Å². The van der Waals surface area contributed by atoms with Crippen molar-refractivity contribution in [3.8, 4) is 0 Å². The molecule has 2 rings (SSSR count). The molecule has 2 amide bonds. The van der Waals surface area contributed by atoms with Crippen molar-refractivity contribution in [2.45, 2.75) is 44.1 Å². The van der Waals surface area contributed by atoms with Crippen molar-refractivity contribution >= 4 is 44.4 Å². The van der Waals surface area contributed by atoms with Gasteiger partial charge >= 0.3 is 12.0 Å². The first-order chi connectivity index (χ1) is 9.49. The van der Waals surface area contributed by atoms with Crippen LogP contribution in [0.2, 0.25) is 0 Å². The van der Waals surface area contributed by atoms with Gasteiger partial charge in [0, 0.05) is 0 Å². The summed E-state index contributed by atoms with van der Waals surface area (Å²) in [5, 5.41) is 15.0. The van der Waals surface area contributed by atoms with E-state index in [2.05, 4.69) is 31.5 Å². The van der Waals surface area contributed by atoms with Gasteiger partial charge in [0.15, 0.2) is 5.13 Å². The quantitative estimate of drug-likeness (QED) is 0.767. The number of nitrogens with zero attached hydrogens (tertiary/aromatic N) is 1. The molecule has 0 aliphatic heterocycles. The second-order valence-corrected chi connectivity index (χ2v) is 7.37. The van der Waals surface area contributed by atoms with Gasteiger partial charge < -0.3 is 10.4 Å². The van der Waals surface area contributed by atoms with Crippen LogP contribution in [0.3, 0.4) is 0 Å². The van der Waals surface area contributed by atoms with E-state index in [-0.39, 0.29) is 6.42 Å². The monoisotopic (exact) mass is 361 g/mol. The number of carboxylic acid groups (broad SMARTS) is 1. The van der Waals surface area contributed by atoms with Gasteiger partial charge in [0.2, 0.25) is 0 Å². The van der Waals surface area contributed by atoms with Crippen LogP contribution in [0, 0.1) is 0 Å². The van der Waals surface area contributed by atoms with Gasteiger partial charge in [-0.05, 0) is 28.8 Å². The zero-order chi connectivity index (χ0) is 14.6. The van der Waals surface area contributed by atoms with E-state index in [1.54, 1.807) is 6.20 Å². The van der Waals surface area contributed by atoms with Crippen LogP contribution in [0.25, 0.3) is 0 Å². The van der Waals surface area contributed by atoms with Gasteiger partial charge in [-0.25, -0.2) is 9.78 Å². The highest BCUT2D eigenvalue weighted by atomic mass is 79.9. The lowest BCUT2D eigenvalue weighted by molar-refractivity contribution is -0.138. The molecule has 1 aromatic rings. The van der Waals surface area contributed by atoms with Gasteiger partial charge in [0.25, 0.3) is 0 Å². The maximum absolute atomic E-state index is 12.0. The second kappa shape index (κ2) is 6.53. The van der Waals surface area contributed by atoms with Crippen LogP contribution in [0.4, 0.5) is 9.93 Å². The van der Waals surface area contributed by atoms with Gasteiger partial charge in [-0.3, -0.25) is 10.1 Å². The van der Waals surface area contributed by atoms with Crippen LogP contribution >= 0.6 is 27.3 Å². The molecular weight excluding hydrogens is 346 g/mol. The zero-order valence-corrected chi connectivity index (χ0v) is 13.2. The number of rotatable bonds is 4. The Bertz CT molecular complexity index is 500. The van der Waals surface area contributed by atoms with Crippen molar-refractivity contribution in [3.63, 3.8) is 0 Å². The van der Waals surface area contributed by atoms with Gasteiger partial charge in [-0.1, -0.05) is 30.6 Å². The van der Waals surface area contributed by atoms with Gasteiger partial charge in [-0.2, -0.15) is 0 Å². The number of carbonyl (C=O) groups excluding carboxylic acids is 1. The number of aromatic nitrogens is 1. The first-order valence-corrected chi connectivity index (χ1v) is 8.02. The summed E-state index contributed by atoms with van der Waals surface area (Å²) in [5.74, 6) is -0.885. The molecule has 1 fully saturated rings. The van der Waals surface area contributed by atoms with E-state index in [0.29, 0.717) is 18.0 Å². The summed E-state index contributed by atoms with van der Waals surface area (Å²) in [6.07, 6.45) is 5.94. The Morgan fingerprint density at radius 1 is 1.40 bits per heavy atom. The summed E-state index contributed by atoms with van der Waals surface area (Å²) in [4.78, 5) is 27.1. The summed E-state index contributed by atoms with van der Waals surface area (Å²) in [5.41, 5.74) is -0.636. The Balaban J connectivity index is 1.99. The molecule has 110 valence electrons. The van der Waals surface area contributed by atoms with Crippen molar-refractivity contribution < 1.29 is 14.7 Å². The van der Waals surface area contributed by atoms with E-state index in [1.807, 2.05) is 0 Å². The van der Waals surface area contributed by atoms with Crippen LogP contribution in [0.5, 0.6) is 0 Å². The molecule has 0 aromatic carbocycles. The number of urea groups is 1. The number of amides is 2. The number of nitrogens with one attached hydrogen (secondary N) is 2. The number of carboxylic acids is 1. The van der Waals surface area contributed by atoms with Crippen molar-refractivity contribution in [2.24, 2.45) is 0 Å². The van der Waals surface area contributed by atoms with Crippen LogP contribution in [-0.2, 0) is 4.79 Å². The Morgan fingerprint density at radius 3 is 2.65 bits per heavy atom. The van der Waals surface area contributed by atoms with Crippen LogP contribution < -0.4 is 10.6 Å². The molecule has 1 aromatic heterocycles. The van der Waals surface area contributed by atoms with E-state index >= 15 is 0 Å². The molecule has 1 heterocycles. The number of halogens is 1. The predicted molar refractivity (Wildman–Crippen MR) is 80.0 cm³/mol. The number of anilines is 1. The molecule has 0 spiro atoms. The standard InChI is InChI=1S/C12H16BrN3O3S/c13-8-7-14-11(20-8)15-10(19)16-12(6-9(17)18)4-2-1-3-5-12/h7H,1-6H2,(H,17,18)(H2,14,15,16,19). The highest BCUT2D eigenvalue weighted by molar-refractivity contribution is 9.11. The lowest BCUT2D eigenvalue weighted by Crippen LogP contribution is -2.52. The minimum absolute atomic E-state index is 0.0397. The van der Waals surface area contributed by atoms with E-state index < -0.39 is 17.5 Å². The van der Waals surface area contributed by atoms with Gasteiger partial charge in [0.1, 0.15) is 0 Å². The van der Waals surface area contributed by atoms with Crippen molar-refractivity contribution in [1.82, 2.24) is 10.3 Å². The SMILES string of the molecule is O=C(O)CC1(NC(=O)Nc2ncc(Br)s2)CCCCC1. The number of thiazole rings is 1. The molecule has 0 unspecified atom stereocenters. The number of carbonyl (C=O) groups is 2. The average molecular weight is 362 g/mol. The third-order valence-electron chi connectivity index (χ3n) is 3.38. The summed E-state index contributed by atoms with van der Waals surface area (Å²) < 4.78 is 0.825. The number of aliphatic carboxylic acids is 1. The van der Waals surface area contributed by atoms with Gasteiger partial charge in [0.05, 0.1) is 21.9 Å². The van der Waals surface area contributed by atoms with Crippen LogP contribution in [-0.4, -0.2) is 27.6 Å². The largest absolute Gasteiger partial charge is 0.481 e. The summed E-state index contributed by atoms with van der Waals surface area (Å²) in [6, 6.07) is -0.394. The van der Waals surface area contributed by atoms with E-state index in [1.165, 1.54) is 11.3 Å². The van der Waals surface area contributed by atoms with Crippen LogP contribution in [0.15, 0.2) is 9.98 Å². The fourth-order valence-corrected chi connectivity index (χ4v) is 3.65. The average Bonchev–Trinajstić information content (AvgIpc) is 2.74. The maximum Gasteiger partial charge on any atom is 0.321 e. The molecule has 8 heteroatoms. The van der Waals surface area contributed by atoms with E-state index in [9.17, 15) is 9.59 Å². The minimum atomic E-state index is -0.885. The Kier molecular flexibility index (Phi) is 4.98. The van der Waals surface area contributed by atoms with Crippen molar-refractivity contribution in [1.29, 1.82) is 0 Å². The summed E-state index contributed by atoms with van der Waals surface area (Å²) in [7, 11) is 0. The third kappa shape index (κ3) is 4.17. The summed E-state index contributed by atoms with van der Waals surface area (Å²) in [6.45, 7) is 0. The Labute approximate surface area is 129 Å². The lowest BCUT2D eigenvalue weighted by atomic mass is 9.79. The van der Waals surface area contributed by atoms with Crippen molar-refractivity contribution in [3.05, 3.63) is 9.98 Å². The third-order valence-corrected chi connectivity index (χ3v) is 4.77.